The second kappa shape index (κ2) is 10.5. The van der Waals surface area contributed by atoms with Crippen LogP contribution in [0.2, 0.25) is 0 Å². The van der Waals surface area contributed by atoms with Crippen molar-refractivity contribution in [1.29, 1.82) is 0 Å². The van der Waals surface area contributed by atoms with E-state index in [1.165, 1.54) is 4.90 Å². The maximum Gasteiger partial charge on any atom is 0.325 e. The molecule has 3 aromatic carbocycles. The van der Waals surface area contributed by atoms with Gasteiger partial charge in [0.1, 0.15) is 29.0 Å². The summed E-state index contributed by atoms with van der Waals surface area (Å²) in [5.41, 5.74) is 1.47. The monoisotopic (exact) mass is 491 g/mol. The quantitative estimate of drug-likeness (QED) is 0.286. The maximum absolute atomic E-state index is 13.0. The molecule has 1 aliphatic rings. The Balaban J connectivity index is 1.44. The van der Waals surface area contributed by atoms with E-state index >= 15 is 0 Å². The standard InChI is InChI=1S/C26H25N3O5S/c1-17-25(31)29(19-4-8-20(32-3)9-5-19)26(35)28(17)18-6-10-21(11-7-18)33-22-12-14-23(15-13-22)34-24(30)16-27-2/h4-15,17,27H,16H2,1-3H3. The molecule has 35 heavy (non-hydrogen) atoms. The molecule has 1 fully saturated rings. The first-order chi connectivity index (χ1) is 16.9. The molecule has 180 valence electrons. The fraction of sp³-hybridized carbons (Fsp3) is 0.192. The van der Waals surface area contributed by atoms with Crippen molar-refractivity contribution in [1.82, 2.24) is 5.32 Å². The zero-order chi connectivity index (χ0) is 24.9. The smallest absolute Gasteiger partial charge is 0.325 e. The summed E-state index contributed by atoms with van der Waals surface area (Å²) >= 11 is 5.67. The van der Waals surface area contributed by atoms with Gasteiger partial charge >= 0.3 is 5.97 Å². The third-order valence-electron chi connectivity index (χ3n) is 5.42. The number of carbonyl (C=O) groups is 2. The molecule has 1 heterocycles. The number of nitrogens with zero attached hydrogens (tertiary/aromatic N) is 2. The molecule has 1 unspecified atom stereocenters. The number of ether oxygens (including phenoxy) is 3. The topological polar surface area (TPSA) is 80.3 Å². The molecule has 1 aliphatic heterocycles. The van der Waals surface area contributed by atoms with E-state index in [0.29, 0.717) is 33.8 Å². The molecule has 0 aromatic heterocycles. The summed E-state index contributed by atoms with van der Waals surface area (Å²) in [6.45, 7) is 1.96. The van der Waals surface area contributed by atoms with Crippen molar-refractivity contribution < 1.29 is 23.8 Å². The average molecular weight is 492 g/mol. The van der Waals surface area contributed by atoms with Gasteiger partial charge in [-0.3, -0.25) is 14.5 Å². The molecule has 3 aromatic rings. The van der Waals surface area contributed by atoms with E-state index in [4.69, 9.17) is 26.4 Å². The number of likely N-dealkylation sites (N-methyl/N-ethyl adjacent to an activating group) is 1. The van der Waals surface area contributed by atoms with Crippen molar-refractivity contribution in [3.63, 3.8) is 0 Å². The molecule has 0 bridgehead atoms. The van der Waals surface area contributed by atoms with E-state index in [-0.39, 0.29) is 18.4 Å². The zero-order valence-electron chi connectivity index (χ0n) is 19.6. The largest absolute Gasteiger partial charge is 0.497 e. The van der Waals surface area contributed by atoms with E-state index in [1.807, 2.05) is 48.2 Å². The van der Waals surface area contributed by atoms with Gasteiger partial charge in [0, 0.05) is 5.69 Å². The van der Waals surface area contributed by atoms with Crippen LogP contribution in [0.5, 0.6) is 23.0 Å². The van der Waals surface area contributed by atoms with Crippen LogP contribution in [0.4, 0.5) is 11.4 Å². The van der Waals surface area contributed by atoms with E-state index in [0.717, 1.165) is 5.69 Å². The van der Waals surface area contributed by atoms with Crippen molar-refractivity contribution in [3.8, 4) is 23.0 Å². The van der Waals surface area contributed by atoms with Gasteiger partial charge in [0.2, 0.25) is 0 Å². The molecule has 1 amide bonds. The van der Waals surface area contributed by atoms with Gasteiger partial charge in [-0.2, -0.15) is 0 Å². The van der Waals surface area contributed by atoms with Crippen LogP contribution in [0.3, 0.4) is 0 Å². The predicted octanol–water partition coefficient (Wildman–Crippen LogP) is 4.14. The highest BCUT2D eigenvalue weighted by Crippen LogP contribution is 2.33. The Morgan fingerprint density at radius 2 is 1.40 bits per heavy atom. The first kappa shape index (κ1) is 24.2. The van der Waals surface area contributed by atoms with Crippen molar-refractivity contribution in [2.45, 2.75) is 13.0 Å². The highest BCUT2D eigenvalue weighted by atomic mass is 32.1. The minimum atomic E-state index is -0.450. The van der Waals surface area contributed by atoms with Gasteiger partial charge in [-0.05, 0) is 99.0 Å². The SMILES string of the molecule is CNCC(=O)Oc1ccc(Oc2ccc(N3C(=S)N(c4ccc(OC)cc4)C(=O)C3C)cc2)cc1. The van der Waals surface area contributed by atoms with Crippen LogP contribution in [-0.4, -0.2) is 43.7 Å². The van der Waals surface area contributed by atoms with Gasteiger partial charge in [-0.1, -0.05) is 0 Å². The summed E-state index contributed by atoms with van der Waals surface area (Å²) in [7, 11) is 3.27. The first-order valence-corrected chi connectivity index (χ1v) is 11.4. The molecule has 1 atom stereocenters. The normalized spacial score (nSPS) is 15.3. The number of thiocarbonyl (C=S) groups is 1. The molecule has 1 N–H and O–H groups in total. The van der Waals surface area contributed by atoms with Gasteiger partial charge in [0.25, 0.3) is 5.91 Å². The number of amides is 1. The van der Waals surface area contributed by atoms with Gasteiger partial charge in [-0.25, -0.2) is 0 Å². The van der Waals surface area contributed by atoms with E-state index < -0.39 is 6.04 Å². The second-order valence-corrected chi connectivity index (χ2v) is 8.14. The summed E-state index contributed by atoms with van der Waals surface area (Å²) in [5.74, 6) is 1.89. The van der Waals surface area contributed by atoms with Crippen LogP contribution in [-0.2, 0) is 9.59 Å². The number of nitrogens with one attached hydrogen (secondary N) is 1. The highest BCUT2D eigenvalue weighted by molar-refractivity contribution is 7.81. The fourth-order valence-corrected chi connectivity index (χ4v) is 4.13. The Hall–Kier alpha value is -3.95. The van der Waals surface area contributed by atoms with Crippen LogP contribution in [0.25, 0.3) is 0 Å². The maximum atomic E-state index is 13.0. The summed E-state index contributed by atoms with van der Waals surface area (Å²) in [5, 5.41) is 3.15. The molecule has 1 saturated heterocycles. The van der Waals surface area contributed by atoms with Gasteiger partial charge < -0.3 is 24.4 Å². The third kappa shape index (κ3) is 5.26. The van der Waals surface area contributed by atoms with Crippen molar-refractivity contribution in [3.05, 3.63) is 72.8 Å². The number of benzene rings is 3. The minimum Gasteiger partial charge on any atom is -0.497 e. The minimum absolute atomic E-state index is 0.101. The van der Waals surface area contributed by atoms with Gasteiger partial charge in [0.15, 0.2) is 5.11 Å². The number of hydrogen-bond acceptors (Lipinski definition) is 7. The molecule has 8 nitrogen and oxygen atoms in total. The Bertz CT molecular complexity index is 1210. The molecular formula is C26H25N3O5S. The lowest BCUT2D eigenvalue weighted by atomic mass is 10.2. The number of anilines is 2. The van der Waals surface area contributed by atoms with Crippen LogP contribution in [0, 0.1) is 0 Å². The highest BCUT2D eigenvalue weighted by Gasteiger charge is 2.41. The third-order valence-corrected chi connectivity index (χ3v) is 5.80. The summed E-state index contributed by atoms with van der Waals surface area (Å²) < 4.78 is 16.3. The Labute approximate surface area is 209 Å². The first-order valence-electron chi connectivity index (χ1n) is 11.0. The number of esters is 1. The van der Waals surface area contributed by atoms with Gasteiger partial charge in [-0.15, -0.1) is 0 Å². The summed E-state index contributed by atoms with van der Waals surface area (Å²) in [6.07, 6.45) is 0. The van der Waals surface area contributed by atoms with Crippen molar-refractivity contribution in [2.75, 3.05) is 30.5 Å². The lowest BCUT2D eigenvalue weighted by Gasteiger charge is -2.22. The Morgan fingerprint density at radius 1 is 0.886 bits per heavy atom. The van der Waals surface area contributed by atoms with Crippen LogP contribution < -0.4 is 29.3 Å². The molecule has 9 heteroatoms. The lowest BCUT2D eigenvalue weighted by Crippen LogP contribution is -2.33. The van der Waals surface area contributed by atoms with Crippen LogP contribution >= 0.6 is 12.2 Å². The van der Waals surface area contributed by atoms with E-state index in [1.54, 1.807) is 50.6 Å². The summed E-state index contributed by atoms with van der Waals surface area (Å²) in [6, 6.07) is 20.9. The number of hydrogen-bond donors (Lipinski definition) is 1. The average Bonchev–Trinajstić information content (AvgIpc) is 3.09. The number of methoxy groups -OCH3 is 1. The molecule has 0 saturated carbocycles. The van der Waals surface area contributed by atoms with Crippen molar-refractivity contribution in [2.24, 2.45) is 0 Å². The predicted molar refractivity (Wildman–Crippen MR) is 138 cm³/mol. The van der Waals surface area contributed by atoms with Gasteiger partial charge in [0.05, 0.1) is 19.3 Å². The molecule has 0 radical (unpaired) electrons. The number of carbonyl (C=O) groups excluding carboxylic acids is 2. The van der Waals surface area contributed by atoms with E-state index in [2.05, 4.69) is 5.32 Å². The molecule has 0 spiro atoms. The van der Waals surface area contributed by atoms with Crippen molar-refractivity contribution >= 4 is 40.6 Å². The Morgan fingerprint density at radius 3 is 1.97 bits per heavy atom. The fourth-order valence-electron chi connectivity index (χ4n) is 3.67. The number of rotatable bonds is 8. The van der Waals surface area contributed by atoms with Crippen LogP contribution in [0.1, 0.15) is 6.92 Å². The summed E-state index contributed by atoms with van der Waals surface area (Å²) in [4.78, 5) is 27.9. The van der Waals surface area contributed by atoms with E-state index in [9.17, 15) is 9.59 Å². The molecule has 0 aliphatic carbocycles. The molecule has 4 rings (SSSR count). The van der Waals surface area contributed by atoms with Crippen LogP contribution in [0.15, 0.2) is 72.8 Å². The Kier molecular flexibility index (Phi) is 7.28. The zero-order valence-corrected chi connectivity index (χ0v) is 20.4. The molecular weight excluding hydrogens is 466 g/mol. The second-order valence-electron chi connectivity index (χ2n) is 7.77. The lowest BCUT2D eigenvalue weighted by molar-refractivity contribution is -0.133.